The maximum absolute atomic E-state index is 13.3. The van der Waals surface area contributed by atoms with Gasteiger partial charge >= 0.3 is 7.80 Å². The molecule has 2 rings (SSSR count). The van der Waals surface area contributed by atoms with E-state index in [0.717, 1.165) is 0 Å². The Morgan fingerprint density at radius 1 is 0.867 bits per heavy atom. The minimum atomic E-state index is -1.82. The monoisotopic (exact) mass is 219 g/mol. The molecule has 0 aliphatic heterocycles. The standard InChI is InChI=1S/C12H9FOP/c13-11-8-4-5-9-12(11)15(14)10-6-2-1-3-7-10/h1-9H/q+1. The number of rotatable bonds is 2. The van der Waals surface area contributed by atoms with Crippen molar-refractivity contribution in [1.82, 2.24) is 0 Å². The Bertz CT molecular complexity index is 482. The number of benzene rings is 2. The third-order valence-corrected chi connectivity index (χ3v) is 3.63. The highest BCUT2D eigenvalue weighted by atomic mass is 31.1. The van der Waals surface area contributed by atoms with E-state index >= 15 is 0 Å². The largest absolute Gasteiger partial charge is 0.418 e. The first-order valence-corrected chi connectivity index (χ1v) is 5.82. The lowest BCUT2D eigenvalue weighted by Gasteiger charge is -1.90. The molecule has 0 amide bonds. The summed E-state index contributed by atoms with van der Waals surface area (Å²) in [4.78, 5) is 0. The van der Waals surface area contributed by atoms with Crippen molar-refractivity contribution < 1.29 is 8.96 Å². The fraction of sp³-hybridized carbons (Fsp3) is 0. The van der Waals surface area contributed by atoms with Gasteiger partial charge in [-0.05, 0) is 24.3 Å². The zero-order chi connectivity index (χ0) is 10.7. The normalized spacial score (nSPS) is 11.1. The topological polar surface area (TPSA) is 17.1 Å². The molecule has 3 heteroatoms. The summed E-state index contributed by atoms with van der Waals surface area (Å²) in [5.41, 5.74) is 0. The molecule has 0 radical (unpaired) electrons. The van der Waals surface area contributed by atoms with Crippen molar-refractivity contribution in [3.05, 3.63) is 60.4 Å². The Morgan fingerprint density at radius 2 is 1.47 bits per heavy atom. The van der Waals surface area contributed by atoms with Gasteiger partial charge in [-0.15, -0.1) is 0 Å². The van der Waals surface area contributed by atoms with Gasteiger partial charge in [0, 0.05) is 0 Å². The van der Waals surface area contributed by atoms with Crippen LogP contribution < -0.4 is 10.6 Å². The maximum atomic E-state index is 13.3. The van der Waals surface area contributed by atoms with Crippen LogP contribution in [0.1, 0.15) is 0 Å². The van der Waals surface area contributed by atoms with Crippen molar-refractivity contribution in [2.75, 3.05) is 0 Å². The second-order valence-electron chi connectivity index (χ2n) is 3.08. The lowest BCUT2D eigenvalue weighted by atomic mass is 10.3. The van der Waals surface area contributed by atoms with Crippen molar-refractivity contribution >= 4 is 18.4 Å². The Labute approximate surface area is 88.4 Å². The van der Waals surface area contributed by atoms with Gasteiger partial charge in [0.15, 0.2) is 11.1 Å². The van der Waals surface area contributed by atoms with E-state index in [1.54, 1.807) is 42.5 Å². The van der Waals surface area contributed by atoms with E-state index in [0.29, 0.717) is 5.30 Å². The van der Waals surface area contributed by atoms with Gasteiger partial charge in [0.25, 0.3) is 0 Å². The fourth-order valence-electron chi connectivity index (χ4n) is 1.32. The molecule has 1 atom stereocenters. The van der Waals surface area contributed by atoms with Gasteiger partial charge in [0.05, 0.1) is 0 Å². The predicted molar refractivity (Wildman–Crippen MR) is 59.7 cm³/mol. The van der Waals surface area contributed by atoms with E-state index in [-0.39, 0.29) is 5.30 Å². The van der Waals surface area contributed by atoms with Crippen LogP contribution in [-0.2, 0) is 4.57 Å². The molecule has 74 valence electrons. The van der Waals surface area contributed by atoms with Crippen LogP contribution in [-0.4, -0.2) is 0 Å². The van der Waals surface area contributed by atoms with Crippen molar-refractivity contribution in [3.63, 3.8) is 0 Å². The smallest absolute Gasteiger partial charge is 0.202 e. The molecule has 0 spiro atoms. The van der Waals surface area contributed by atoms with Crippen LogP contribution >= 0.6 is 7.80 Å². The highest BCUT2D eigenvalue weighted by Crippen LogP contribution is 2.20. The Morgan fingerprint density at radius 3 is 2.13 bits per heavy atom. The minimum Gasteiger partial charge on any atom is -0.202 e. The molecule has 0 aromatic heterocycles. The summed E-state index contributed by atoms with van der Waals surface area (Å²) in [7, 11) is -1.82. The molecule has 0 saturated heterocycles. The van der Waals surface area contributed by atoms with Crippen LogP contribution in [0, 0.1) is 5.82 Å². The van der Waals surface area contributed by atoms with E-state index < -0.39 is 13.6 Å². The first-order chi connectivity index (χ1) is 7.29. The number of hydrogen-bond acceptors (Lipinski definition) is 1. The third-order valence-electron chi connectivity index (χ3n) is 2.06. The van der Waals surface area contributed by atoms with Crippen molar-refractivity contribution in [2.24, 2.45) is 0 Å². The van der Waals surface area contributed by atoms with E-state index in [4.69, 9.17) is 0 Å². The Balaban J connectivity index is 2.42. The molecule has 0 heterocycles. The number of hydrogen-bond donors (Lipinski definition) is 0. The van der Waals surface area contributed by atoms with Crippen molar-refractivity contribution in [2.45, 2.75) is 0 Å². The molecule has 0 N–H and O–H groups in total. The number of halogens is 1. The van der Waals surface area contributed by atoms with Gasteiger partial charge in [-0.3, -0.25) is 0 Å². The summed E-state index contributed by atoms with van der Waals surface area (Å²) in [5.74, 6) is -0.414. The SMILES string of the molecule is O=[P+](c1ccccc1)c1ccccc1F. The van der Waals surface area contributed by atoms with Gasteiger partial charge in [-0.25, -0.2) is 4.39 Å². The molecular formula is C12H9FOP+. The maximum Gasteiger partial charge on any atom is 0.418 e. The molecule has 0 aliphatic carbocycles. The molecule has 15 heavy (non-hydrogen) atoms. The van der Waals surface area contributed by atoms with Gasteiger partial charge < -0.3 is 0 Å². The molecule has 0 fully saturated rings. The summed E-state index contributed by atoms with van der Waals surface area (Å²) < 4.78 is 25.3. The first kappa shape index (κ1) is 10.0. The summed E-state index contributed by atoms with van der Waals surface area (Å²) >= 11 is 0. The van der Waals surface area contributed by atoms with Crippen LogP contribution in [0.15, 0.2) is 54.6 Å². The van der Waals surface area contributed by atoms with Crippen LogP contribution in [0.2, 0.25) is 0 Å². The Kier molecular flexibility index (Phi) is 2.89. The average Bonchev–Trinajstić information content (AvgIpc) is 2.30. The molecule has 1 unspecified atom stereocenters. The quantitative estimate of drug-likeness (QED) is 0.709. The molecule has 2 aromatic carbocycles. The second-order valence-corrected chi connectivity index (χ2v) is 4.67. The van der Waals surface area contributed by atoms with Gasteiger partial charge in [-0.1, -0.05) is 34.9 Å². The first-order valence-electron chi connectivity index (χ1n) is 4.56. The van der Waals surface area contributed by atoms with Gasteiger partial charge in [0.2, 0.25) is 5.30 Å². The minimum absolute atomic E-state index is 0.263. The van der Waals surface area contributed by atoms with Crippen LogP contribution in [0.5, 0.6) is 0 Å². The van der Waals surface area contributed by atoms with Crippen LogP contribution in [0.3, 0.4) is 0 Å². The average molecular weight is 219 g/mol. The Hall–Kier alpha value is -1.53. The van der Waals surface area contributed by atoms with Crippen LogP contribution in [0.25, 0.3) is 0 Å². The van der Waals surface area contributed by atoms with Crippen molar-refractivity contribution in [1.29, 1.82) is 0 Å². The molecule has 0 aliphatic rings. The molecular weight excluding hydrogens is 210 g/mol. The summed E-state index contributed by atoms with van der Waals surface area (Å²) in [6.45, 7) is 0. The molecule has 2 aromatic rings. The van der Waals surface area contributed by atoms with E-state index in [2.05, 4.69) is 0 Å². The van der Waals surface area contributed by atoms with Crippen molar-refractivity contribution in [3.8, 4) is 0 Å². The van der Waals surface area contributed by atoms with E-state index in [1.807, 2.05) is 6.07 Å². The molecule has 0 saturated carbocycles. The fourth-order valence-corrected chi connectivity index (χ4v) is 2.53. The van der Waals surface area contributed by atoms with Gasteiger partial charge in [-0.2, -0.15) is 0 Å². The predicted octanol–water partition coefficient (Wildman–Crippen LogP) is 2.60. The highest BCUT2D eigenvalue weighted by molar-refractivity contribution is 7.61. The molecule has 1 nitrogen and oxygen atoms in total. The van der Waals surface area contributed by atoms with E-state index in [9.17, 15) is 8.96 Å². The van der Waals surface area contributed by atoms with Gasteiger partial charge in [0.1, 0.15) is 0 Å². The van der Waals surface area contributed by atoms with E-state index in [1.165, 1.54) is 6.07 Å². The summed E-state index contributed by atoms with van der Waals surface area (Å²) in [6.07, 6.45) is 0. The van der Waals surface area contributed by atoms with Crippen LogP contribution in [0.4, 0.5) is 4.39 Å². The summed E-state index contributed by atoms with van der Waals surface area (Å²) in [6, 6.07) is 15.1. The molecule has 0 bridgehead atoms. The highest BCUT2D eigenvalue weighted by Gasteiger charge is 2.26. The second kappa shape index (κ2) is 4.33. The zero-order valence-electron chi connectivity index (χ0n) is 7.93. The lowest BCUT2D eigenvalue weighted by Crippen LogP contribution is -2.09. The summed E-state index contributed by atoms with van der Waals surface area (Å²) in [5, 5.41) is 0.913. The third kappa shape index (κ3) is 2.11. The zero-order valence-corrected chi connectivity index (χ0v) is 8.82. The lowest BCUT2D eigenvalue weighted by molar-refractivity contribution is 0.594.